The summed E-state index contributed by atoms with van der Waals surface area (Å²) in [4.78, 5) is 12.5. The van der Waals surface area contributed by atoms with Crippen molar-refractivity contribution in [2.45, 2.75) is 37.8 Å². The van der Waals surface area contributed by atoms with Crippen LogP contribution >= 0.6 is 0 Å². The highest BCUT2D eigenvalue weighted by atomic mass is 16.6. The summed E-state index contributed by atoms with van der Waals surface area (Å²) in [5, 5.41) is 25.9. The maximum Gasteiger partial charge on any atom is 0.269 e. The lowest BCUT2D eigenvalue weighted by molar-refractivity contribution is -0.384. The first kappa shape index (κ1) is 17.6. The van der Waals surface area contributed by atoms with Gasteiger partial charge in [0.25, 0.3) is 5.69 Å². The molecule has 0 spiro atoms. The molecule has 134 valence electrons. The largest absolute Gasteiger partial charge is 0.389 e. The van der Waals surface area contributed by atoms with E-state index in [1.54, 1.807) is 16.8 Å². The van der Waals surface area contributed by atoms with Gasteiger partial charge in [-0.25, -0.2) is 0 Å². The smallest absolute Gasteiger partial charge is 0.269 e. The Balaban J connectivity index is 1.77. The van der Waals surface area contributed by atoms with Gasteiger partial charge in [0.1, 0.15) is 0 Å². The minimum absolute atomic E-state index is 0.0711. The maximum absolute atomic E-state index is 10.8. The molecule has 1 aliphatic rings. The Morgan fingerprint density at radius 1 is 1.32 bits per heavy atom. The number of nitro benzene ring substituents is 1. The van der Waals surface area contributed by atoms with Crippen LogP contribution in [0.1, 0.15) is 31.2 Å². The topological polar surface area (TPSA) is 84.4 Å². The van der Waals surface area contributed by atoms with E-state index in [2.05, 4.69) is 10.00 Å². The molecule has 0 bridgehead atoms. The molecule has 25 heavy (non-hydrogen) atoms. The maximum atomic E-state index is 10.8. The summed E-state index contributed by atoms with van der Waals surface area (Å²) in [6.45, 7) is 1.31. The molecule has 0 amide bonds. The summed E-state index contributed by atoms with van der Waals surface area (Å²) < 4.78 is 1.75. The zero-order valence-electron chi connectivity index (χ0n) is 14.7. The third-order valence-electron chi connectivity index (χ3n) is 4.79. The predicted octanol–water partition coefficient (Wildman–Crippen LogP) is 2.73. The molecule has 7 nitrogen and oxygen atoms in total. The molecule has 0 unspecified atom stereocenters. The Morgan fingerprint density at radius 3 is 2.56 bits per heavy atom. The van der Waals surface area contributed by atoms with Crippen molar-refractivity contribution >= 4 is 5.69 Å². The van der Waals surface area contributed by atoms with E-state index >= 15 is 0 Å². The molecule has 1 fully saturated rings. The van der Waals surface area contributed by atoms with Gasteiger partial charge in [-0.2, -0.15) is 5.10 Å². The Kier molecular flexibility index (Phi) is 4.87. The lowest BCUT2D eigenvalue weighted by Gasteiger charge is -2.28. The molecule has 1 heterocycles. The van der Waals surface area contributed by atoms with E-state index in [0.29, 0.717) is 13.1 Å². The van der Waals surface area contributed by atoms with Gasteiger partial charge in [-0.3, -0.25) is 19.7 Å². The monoisotopic (exact) mass is 344 g/mol. The zero-order chi connectivity index (χ0) is 18.0. The summed E-state index contributed by atoms with van der Waals surface area (Å²) in [6.07, 6.45) is 5.86. The van der Waals surface area contributed by atoms with Crippen molar-refractivity contribution in [3.8, 4) is 11.3 Å². The number of hydrogen-bond acceptors (Lipinski definition) is 5. The highest BCUT2D eigenvalue weighted by molar-refractivity contribution is 5.64. The van der Waals surface area contributed by atoms with E-state index in [0.717, 1.165) is 42.5 Å². The fourth-order valence-corrected chi connectivity index (χ4v) is 3.68. The number of nitro groups is 1. The lowest BCUT2D eigenvalue weighted by Crippen LogP contribution is -2.38. The highest BCUT2D eigenvalue weighted by Crippen LogP contribution is 2.31. The van der Waals surface area contributed by atoms with Crippen molar-refractivity contribution in [3.63, 3.8) is 0 Å². The number of non-ortho nitro benzene ring substituents is 1. The molecule has 0 atom stereocenters. The summed E-state index contributed by atoms with van der Waals surface area (Å²) in [6, 6.07) is 6.46. The van der Waals surface area contributed by atoms with Crippen LogP contribution in [0.15, 0.2) is 30.5 Å². The van der Waals surface area contributed by atoms with E-state index in [1.807, 2.05) is 20.3 Å². The minimum atomic E-state index is -0.579. The van der Waals surface area contributed by atoms with Crippen LogP contribution in [0.3, 0.4) is 0 Å². The van der Waals surface area contributed by atoms with Gasteiger partial charge in [-0.15, -0.1) is 0 Å². The Morgan fingerprint density at radius 2 is 1.96 bits per heavy atom. The molecule has 0 radical (unpaired) electrons. The van der Waals surface area contributed by atoms with E-state index < -0.39 is 10.5 Å². The number of hydrogen-bond donors (Lipinski definition) is 1. The molecular formula is C18H24N4O3. The van der Waals surface area contributed by atoms with Gasteiger partial charge < -0.3 is 5.11 Å². The molecule has 0 aliphatic heterocycles. The first-order valence-corrected chi connectivity index (χ1v) is 8.55. The number of aliphatic hydroxyl groups is 1. The molecule has 1 saturated carbocycles. The van der Waals surface area contributed by atoms with Crippen LogP contribution in [0.4, 0.5) is 5.69 Å². The summed E-state index contributed by atoms with van der Waals surface area (Å²) >= 11 is 0. The molecular weight excluding hydrogens is 320 g/mol. The summed E-state index contributed by atoms with van der Waals surface area (Å²) in [5.41, 5.74) is 2.21. The summed E-state index contributed by atoms with van der Waals surface area (Å²) in [5.74, 6) is 0. The fourth-order valence-electron chi connectivity index (χ4n) is 3.68. The molecule has 2 aromatic rings. The van der Waals surface area contributed by atoms with Gasteiger partial charge in [-0.05, 0) is 32.0 Å². The van der Waals surface area contributed by atoms with Crippen molar-refractivity contribution in [1.82, 2.24) is 14.7 Å². The molecule has 3 rings (SSSR count). The van der Waals surface area contributed by atoms with Gasteiger partial charge in [0.05, 0.1) is 16.2 Å². The number of benzene rings is 1. The van der Waals surface area contributed by atoms with Crippen LogP contribution in [0.2, 0.25) is 0 Å². The average Bonchev–Trinajstić information content (AvgIpc) is 3.13. The van der Waals surface area contributed by atoms with E-state index in [9.17, 15) is 15.2 Å². The molecule has 1 aliphatic carbocycles. The van der Waals surface area contributed by atoms with E-state index in [1.165, 1.54) is 12.1 Å². The molecule has 0 saturated heterocycles. The van der Waals surface area contributed by atoms with Gasteiger partial charge in [0.15, 0.2) is 0 Å². The zero-order valence-corrected chi connectivity index (χ0v) is 14.7. The van der Waals surface area contributed by atoms with Crippen molar-refractivity contribution < 1.29 is 10.0 Å². The first-order chi connectivity index (χ1) is 11.9. The number of aryl methyl sites for hydroxylation is 1. The third-order valence-corrected chi connectivity index (χ3v) is 4.79. The Bertz CT molecular complexity index is 748. The van der Waals surface area contributed by atoms with Crippen LogP contribution in [0.5, 0.6) is 0 Å². The van der Waals surface area contributed by atoms with Crippen LogP contribution in [-0.2, 0) is 13.6 Å². The Hall–Kier alpha value is -2.25. The van der Waals surface area contributed by atoms with E-state index in [4.69, 9.17) is 0 Å². The van der Waals surface area contributed by atoms with Crippen molar-refractivity contribution in [2.24, 2.45) is 7.05 Å². The lowest BCUT2D eigenvalue weighted by atomic mass is 10.0. The molecule has 7 heteroatoms. The van der Waals surface area contributed by atoms with Crippen LogP contribution in [0.25, 0.3) is 11.3 Å². The van der Waals surface area contributed by atoms with Crippen molar-refractivity contribution in [1.29, 1.82) is 0 Å². The minimum Gasteiger partial charge on any atom is -0.389 e. The van der Waals surface area contributed by atoms with Gasteiger partial charge in [0.2, 0.25) is 0 Å². The quantitative estimate of drug-likeness (QED) is 0.643. The second kappa shape index (κ2) is 6.93. The summed E-state index contributed by atoms with van der Waals surface area (Å²) in [7, 11) is 3.87. The van der Waals surface area contributed by atoms with Crippen LogP contribution in [-0.4, -0.2) is 43.9 Å². The Labute approximate surface area is 147 Å². The van der Waals surface area contributed by atoms with Gasteiger partial charge >= 0.3 is 0 Å². The molecule has 1 aromatic heterocycles. The van der Waals surface area contributed by atoms with Crippen LogP contribution < -0.4 is 0 Å². The third kappa shape index (κ3) is 4.05. The van der Waals surface area contributed by atoms with Gasteiger partial charge in [0, 0.05) is 49.6 Å². The first-order valence-electron chi connectivity index (χ1n) is 8.55. The number of aromatic nitrogens is 2. The fraction of sp³-hybridized carbons (Fsp3) is 0.500. The van der Waals surface area contributed by atoms with Crippen molar-refractivity contribution in [2.75, 3.05) is 13.6 Å². The number of nitrogens with zero attached hydrogens (tertiary/aromatic N) is 4. The van der Waals surface area contributed by atoms with Crippen LogP contribution in [0, 0.1) is 10.1 Å². The van der Waals surface area contributed by atoms with E-state index in [-0.39, 0.29) is 5.69 Å². The second-order valence-corrected chi connectivity index (χ2v) is 7.08. The molecule has 1 N–H and O–H groups in total. The van der Waals surface area contributed by atoms with Crippen molar-refractivity contribution in [3.05, 3.63) is 46.1 Å². The SMILES string of the molecule is CN(Cc1cn(C)nc1-c1ccc([N+](=O)[O-])cc1)CC1(O)CCCC1. The predicted molar refractivity (Wildman–Crippen MR) is 95.1 cm³/mol. The molecule has 1 aromatic carbocycles. The standard InChI is InChI=1S/C18H24N4O3/c1-20(13-18(23)9-3-4-10-18)11-15-12-21(2)19-17(15)14-5-7-16(8-6-14)22(24)25/h5-8,12,23H,3-4,9-11,13H2,1-2H3. The van der Waals surface area contributed by atoms with Gasteiger partial charge in [-0.1, -0.05) is 12.8 Å². The highest BCUT2D eigenvalue weighted by Gasteiger charge is 2.32. The average molecular weight is 344 g/mol. The number of rotatable bonds is 6. The normalized spacial score (nSPS) is 16.5. The number of likely N-dealkylation sites (N-methyl/N-ethyl adjacent to an activating group) is 1. The second-order valence-electron chi connectivity index (χ2n) is 7.08.